The molecule has 0 radical (unpaired) electrons. The fourth-order valence-electron chi connectivity index (χ4n) is 3.57. The molecule has 8 nitrogen and oxygen atoms in total. The molecule has 0 unspecified atom stereocenters. The second-order valence-corrected chi connectivity index (χ2v) is 7.11. The van der Waals surface area contributed by atoms with Crippen LogP contribution >= 0.6 is 0 Å². The molecule has 0 saturated heterocycles. The summed E-state index contributed by atoms with van der Waals surface area (Å²) in [5.41, 5.74) is 2.40. The van der Waals surface area contributed by atoms with E-state index in [0.29, 0.717) is 11.8 Å². The molecule has 8 heteroatoms. The maximum Gasteiger partial charge on any atom is 0.227 e. The zero-order valence-corrected chi connectivity index (χ0v) is 16.2. The summed E-state index contributed by atoms with van der Waals surface area (Å²) in [5, 5.41) is 16.5. The summed E-state index contributed by atoms with van der Waals surface area (Å²) in [6.07, 6.45) is 5.04. The van der Waals surface area contributed by atoms with Gasteiger partial charge in [-0.3, -0.25) is 0 Å². The number of aliphatic hydroxyl groups excluding tert-OH is 1. The summed E-state index contributed by atoms with van der Waals surface area (Å²) >= 11 is 0. The van der Waals surface area contributed by atoms with Crippen molar-refractivity contribution in [3.63, 3.8) is 0 Å². The summed E-state index contributed by atoms with van der Waals surface area (Å²) in [5.74, 6) is 2.01. The van der Waals surface area contributed by atoms with E-state index < -0.39 is 0 Å². The first-order valence-electron chi connectivity index (χ1n) is 9.74. The molecule has 0 aliphatic heterocycles. The topological polar surface area (TPSA) is 97.1 Å². The van der Waals surface area contributed by atoms with Crippen LogP contribution in [0.5, 0.6) is 5.75 Å². The molecule has 3 aromatic rings. The van der Waals surface area contributed by atoms with Crippen molar-refractivity contribution in [2.45, 2.75) is 51.3 Å². The van der Waals surface area contributed by atoms with Gasteiger partial charge in [-0.25, -0.2) is 4.98 Å². The minimum absolute atomic E-state index is 0.187. The lowest BCUT2D eigenvalue weighted by molar-refractivity contribution is 0.126. The lowest BCUT2D eigenvalue weighted by Gasteiger charge is -2.26. The highest BCUT2D eigenvalue weighted by Gasteiger charge is 2.21. The Bertz CT molecular complexity index is 949. The average molecular weight is 382 g/mol. The van der Waals surface area contributed by atoms with E-state index in [4.69, 9.17) is 14.7 Å². The number of ether oxygens (including phenoxy) is 1. The first-order valence-corrected chi connectivity index (χ1v) is 9.74. The van der Waals surface area contributed by atoms with E-state index in [1.54, 1.807) is 13.4 Å². The second kappa shape index (κ2) is 8.02. The maximum atomic E-state index is 9.74. The highest BCUT2D eigenvalue weighted by atomic mass is 16.5. The van der Waals surface area contributed by atoms with E-state index in [0.717, 1.165) is 54.8 Å². The number of rotatable bonds is 6. The molecule has 148 valence electrons. The summed E-state index contributed by atoms with van der Waals surface area (Å²) in [6, 6.07) is 7.97. The van der Waals surface area contributed by atoms with Gasteiger partial charge in [-0.15, -0.1) is 0 Å². The SMILES string of the molecule is CCn1cnc2c(Nc3cccc(OC)c3)nc(N[C@H]3CC[C@H](O)CC3)nc21. The molecule has 1 aliphatic carbocycles. The third-order valence-corrected chi connectivity index (χ3v) is 5.17. The lowest BCUT2D eigenvalue weighted by Crippen LogP contribution is -2.29. The van der Waals surface area contributed by atoms with Crippen molar-refractivity contribution in [3.8, 4) is 5.75 Å². The minimum atomic E-state index is -0.187. The molecule has 0 bridgehead atoms. The fourth-order valence-corrected chi connectivity index (χ4v) is 3.57. The highest BCUT2D eigenvalue weighted by molar-refractivity contribution is 5.86. The van der Waals surface area contributed by atoms with Crippen molar-refractivity contribution < 1.29 is 9.84 Å². The van der Waals surface area contributed by atoms with Crippen molar-refractivity contribution in [1.29, 1.82) is 0 Å². The predicted octanol–water partition coefficient (Wildman–Crippen LogP) is 3.31. The Kier molecular flexibility index (Phi) is 5.29. The number of nitrogens with zero attached hydrogens (tertiary/aromatic N) is 4. The van der Waals surface area contributed by atoms with E-state index in [1.165, 1.54) is 0 Å². The van der Waals surface area contributed by atoms with E-state index in [1.807, 2.05) is 28.8 Å². The van der Waals surface area contributed by atoms with Crippen LogP contribution in [0.3, 0.4) is 0 Å². The molecule has 3 N–H and O–H groups in total. The number of hydrogen-bond acceptors (Lipinski definition) is 7. The van der Waals surface area contributed by atoms with Gasteiger partial charge in [0.1, 0.15) is 5.75 Å². The van der Waals surface area contributed by atoms with Crippen LogP contribution in [0.15, 0.2) is 30.6 Å². The molecule has 28 heavy (non-hydrogen) atoms. The molecule has 2 heterocycles. The number of hydrogen-bond donors (Lipinski definition) is 3. The van der Waals surface area contributed by atoms with Gasteiger partial charge in [0.25, 0.3) is 0 Å². The molecule has 4 rings (SSSR count). The quantitative estimate of drug-likeness (QED) is 0.602. The number of fused-ring (bicyclic) bond motifs is 1. The Labute approximate surface area is 164 Å². The van der Waals surface area contributed by atoms with Crippen molar-refractivity contribution in [3.05, 3.63) is 30.6 Å². The van der Waals surface area contributed by atoms with Crippen LogP contribution in [0.4, 0.5) is 17.5 Å². The number of anilines is 3. The van der Waals surface area contributed by atoms with Crippen LogP contribution < -0.4 is 15.4 Å². The Morgan fingerprint density at radius 2 is 2.04 bits per heavy atom. The molecule has 0 spiro atoms. The van der Waals surface area contributed by atoms with Crippen LogP contribution in [0.1, 0.15) is 32.6 Å². The van der Waals surface area contributed by atoms with Gasteiger partial charge in [0.15, 0.2) is 17.0 Å². The number of methoxy groups -OCH3 is 1. The van der Waals surface area contributed by atoms with Crippen LogP contribution in [0.2, 0.25) is 0 Å². The Balaban J connectivity index is 1.66. The predicted molar refractivity (Wildman–Crippen MR) is 109 cm³/mol. The smallest absolute Gasteiger partial charge is 0.227 e. The van der Waals surface area contributed by atoms with Gasteiger partial charge >= 0.3 is 0 Å². The Morgan fingerprint density at radius 3 is 2.79 bits per heavy atom. The molecule has 1 aromatic carbocycles. The van der Waals surface area contributed by atoms with Crippen LogP contribution in [0.25, 0.3) is 11.2 Å². The minimum Gasteiger partial charge on any atom is -0.497 e. The van der Waals surface area contributed by atoms with Crippen LogP contribution in [-0.2, 0) is 6.54 Å². The number of nitrogens with one attached hydrogen (secondary N) is 2. The largest absolute Gasteiger partial charge is 0.497 e. The molecule has 1 fully saturated rings. The first-order chi connectivity index (χ1) is 13.7. The van der Waals surface area contributed by atoms with Gasteiger partial charge in [0.2, 0.25) is 5.95 Å². The molecular formula is C20H26N6O2. The van der Waals surface area contributed by atoms with Gasteiger partial charge in [-0.2, -0.15) is 9.97 Å². The average Bonchev–Trinajstić information content (AvgIpc) is 3.13. The van der Waals surface area contributed by atoms with E-state index in [-0.39, 0.29) is 12.1 Å². The van der Waals surface area contributed by atoms with Gasteiger partial charge in [0, 0.05) is 24.3 Å². The van der Waals surface area contributed by atoms with E-state index >= 15 is 0 Å². The number of aromatic nitrogens is 4. The highest BCUT2D eigenvalue weighted by Crippen LogP contribution is 2.27. The van der Waals surface area contributed by atoms with Crippen molar-refractivity contribution in [2.24, 2.45) is 0 Å². The molecule has 1 saturated carbocycles. The first kappa shape index (κ1) is 18.5. The number of aliphatic hydroxyl groups is 1. The second-order valence-electron chi connectivity index (χ2n) is 7.11. The normalized spacial score (nSPS) is 19.5. The number of benzene rings is 1. The van der Waals surface area contributed by atoms with Gasteiger partial charge in [0.05, 0.1) is 19.5 Å². The van der Waals surface area contributed by atoms with E-state index in [9.17, 15) is 5.11 Å². The number of aryl methyl sites for hydroxylation is 1. The number of imidazole rings is 1. The zero-order chi connectivity index (χ0) is 19.5. The third-order valence-electron chi connectivity index (χ3n) is 5.17. The molecule has 2 aromatic heterocycles. The van der Waals surface area contributed by atoms with Gasteiger partial charge in [-0.1, -0.05) is 6.07 Å². The molecule has 0 amide bonds. The monoisotopic (exact) mass is 382 g/mol. The maximum absolute atomic E-state index is 9.74. The zero-order valence-electron chi connectivity index (χ0n) is 16.2. The lowest BCUT2D eigenvalue weighted by atomic mass is 9.93. The van der Waals surface area contributed by atoms with Crippen molar-refractivity contribution in [1.82, 2.24) is 19.5 Å². The Morgan fingerprint density at radius 1 is 1.21 bits per heavy atom. The summed E-state index contributed by atoms with van der Waals surface area (Å²) in [6.45, 7) is 2.84. The van der Waals surface area contributed by atoms with Crippen LogP contribution in [-0.4, -0.2) is 43.9 Å². The van der Waals surface area contributed by atoms with Crippen LogP contribution in [0, 0.1) is 0 Å². The fraction of sp³-hybridized carbons (Fsp3) is 0.450. The van der Waals surface area contributed by atoms with Crippen molar-refractivity contribution >= 4 is 28.6 Å². The summed E-state index contributed by atoms with van der Waals surface area (Å²) < 4.78 is 7.31. The van der Waals surface area contributed by atoms with E-state index in [2.05, 4.69) is 22.5 Å². The summed E-state index contributed by atoms with van der Waals surface area (Å²) in [4.78, 5) is 13.9. The van der Waals surface area contributed by atoms with Crippen molar-refractivity contribution in [2.75, 3.05) is 17.7 Å². The van der Waals surface area contributed by atoms with Gasteiger partial charge < -0.3 is 25.0 Å². The Hall–Kier alpha value is -2.87. The standard InChI is InChI=1S/C20H26N6O2/c1-3-26-12-21-17-18(22-14-5-4-6-16(11-14)28-2)24-20(25-19(17)26)23-13-7-9-15(27)10-8-13/h4-6,11-13,15,27H,3,7-10H2,1-2H3,(H2,22,23,24,25)/t13-,15-. The molecule has 1 aliphatic rings. The summed E-state index contributed by atoms with van der Waals surface area (Å²) in [7, 11) is 1.65. The molecule has 0 atom stereocenters. The third kappa shape index (κ3) is 3.87. The van der Waals surface area contributed by atoms with Gasteiger partial charge in [-0.05, 0) is 44.7 Å². The molecular weight excluding hydrogens is 356 g/mol.